The molecule has 0 saturated carbocycles. The summed E-state index contributed by atoms with van der Waals surface area (Å²) in [6, 6.07) is 4.26. The average molecular weight is 349 g/mol. The molecule has 1 aromatic rings. The Morgan fingerprint density at radius 1 is 1.17 bits per heavy atom. The van der Waals surface area contributed by atoms with Crippen LogP contribution < -0.4 is 25.8 Å². The standard InChI is InChI=1S/C14H18F3N3O4/c1-23-11-4-9(2-3-10(11)24-8-14(15,16)17)6-19-13(22)7-20-12(21)5-18/h2-4H,5-8,18H2,1H3,(H,19,22)(H,20,21). The van der Waals surface area contributed by atoms with E-state index in [1.165, 1.54) is 25.3 Å². The molecule has 0 aromatic heterocycles. The Kier molecular flexibility index (Phi) is 7.31. The number of rotatable bonds is 8. The lowest BCUT2D eigenvalue weighted by Crippen LogP contribution is -2.39. The fourth-order valence-corrected chi connectivity index (χ4v) is 1.61. The molecule has 0 fully saturated rings. The molecule has 4 N–H and O–H groups in total. The van der Waals surface area contributed by atoms with Crippen LogP contribution in [0.5, 0.6) is 11.5 Å². The van der Waals surface area contributed by atoms with Crippen molar-refractivity contribution in [3.05, 3.63) is 23.8 Å². The van der Waals surface area contributed by atoms with Gasteiger partial charge < -0.3 is 25.8 Å². The number of nitrogens with two attached hydrogens (primary N) is 1. The van der Waals surface area contributed by atoms with Gasteiger partial charge in [0.2, 0.25) is 11.8 Å². The number of hydrogen-bond acceptors (Lipinski definition) is 5. The molecular weight excluding hydrogens is 331 g/mol. The van der Waals surface area contributed by atoms with Crippen LogP contribution in [0.25, 0.3) is 0 Å². The van der Waals surface area contributed by atoms with Gasteiger partial charge in [-0.25, -0.2) is 0 Å². The normalized spacial score (nSPS) is 10.9. The molecule has 0 saturated heterocycles. The van der Waals surface area contributed by atoms with E-state index in [2.05, 4.69) is 15.4 Å². The van der Waals surface area contributed by atoms with E-state index in [0.717, 1.165) is 0 Å². The molecule has 0 spiro atoms. The minimum atomic E-state index is -4.45. The van der Waals surface area contributed by atoms with Crippen molar-refractivity contribution in [1.82, 2.24) is 10.6 Å². The van der Waals surface area contributed by atoms with Gasteiger partial charge in [0.25, 0.3) is 0 Å². The summed E-state index contributed by atoms with van der Waals surface area (Å²) in [4.78, 5) is 22.4. The van der Waals surface area contributed by atoms with Crippen molar-refractivity contribution in [2.75, 3.05) is 26.8 Å². The van der Waals surface area contributed by atoms with Crippen LogP contribution in [-0.2, 0) is 16.1 Å². The third-order valence-electron chi connectivity index (χ3n) is 2.74. The van der Waals surface area contributed by atoms with Crippen LogP contribution in [0.2, 0.25) is 0 Å². The molecule has 0 atom stereocenters. The number of carbonyl (C=O) groups excluding carboxylic acids is 2. The van der Waals surface area contributed by atoms with Crippen LogP contribution in [0.15, 0.2) is 18.2 Å². The Labute approximate surface area is 136 Å². The summed E-state index contributed by atoms with van der Waals surface area (Å²) in [6.45, 7) is -1.77. The van der Waals surface area contributed by atoms with Crippen LogP contribution in [0, 0.1) is 0 Å². The monoisotopic (exact) mass is 349 g/mol. The van der Waals surface area contributed by atoms with Gasteiger partial charge in [0, 0.05) is 6.54 Å². The highest BCUT2D eigenvalue weighted by Gasteiger charge is 2.29. The number of methoxy groups -OCH3 is 1. The first-order valence-corrected chi connectivity index (χ1v) is 6.85. The van der Waals surface area contributed by atoms with Gasteiger partial charge in [-0.15, -0.1) is 0 Å². The maximum absolute atomic E-state index is 12.2. The Morgan fingerprint density at radius 2 is 1.88 bits per heavy atom. The van der Waals surface area contributed by atoms with Crippen molar-refractivity contribution in [3.63, 3.8) is 0 Å². The van der Waals surface area contributed by atoms with Gasteiger partial charge in [-0.3, -0.25) is 9.59 Å². The molecule has 0 aliphatic carbocycles. The molecule has 134 valence electrons. The second-order valence-electron chi connectivity index (χ2n) is 4.65. The third-order valence-corrected chi connectivity index (χ3v) is 2.74. The fourth-order valence-electron chi connectivity index (χ4n) is 1.61. The number of hydrogen-bond donors (Lipinski definition) is 3. The van der Waals surface area contributed by atoms with Crippen molar-refractivity contribution in [2.45, 2.75) is 12.7 Å². The van der Waals surface area contributed by atoms with E-state index in [-0.39, 0.29) is 31.1 Å². The lowest BCUT2D eigenvalue weighted by atomic mass is 10.2. The number of ether oxygens (including phenoxy) is 2. The summed E-state index contributed by atoms with van der Waals surface area (Å²) >= 11 is 0. The summed E-state index contributed by atoms with van der Waals surface area (Å²) in [5.74, 6) is -0.839. The highest BCUT2D eigenvalue weighted by Crippen LogP contribution is 2.29. The number of alkyl halides is 3. The van der Waals surface area contributed by atoms with Crippen molar-refractivity contribution < 1.29 is 32.2 Å². The quantitative estimate of drug-likeness (QED) is 0.628. The summed E-state index contributed by atoms with van der Waals surface area (Å²) in [7, 11) is 1.29. The Hall–Kier alpha value is -2.49. The van der Waals surface area contributed by atoms with Crippen LogP contribution >= 0.6 is 0 Å². The maximum atomic E-state index is 12.2. The molecule has 7 nitrogen and oxygen atoms in total. The van der Waals surface area contributed by atoms with Gasteiger partial charge in [0.1, 0.15) is 0 Å². The molecule has 10 heteroatoms. The first-order chi connectivity index (χ1) is 11.2. The van der Waals surface area contributed by atoms with Gasteiger partial charge in [-0.1, -0.05) is 6.07 Å². The van der Waals surface area contributed by atoms with E-state index >= 15 is 0 Å². The number of nitrogens with one attached hydrogen (secondary N) is 2. The number of carbonyl (C=O) groups is 2. The molecule has 1 rings (SSSR count). The van der Waals surface area contributed by atoms with Gasteiger partial charge in [-0.05, 0) is 17.7 Å². The van der Waals surface area contributed by atoms with E-state index in [1.807, 2.05) is 0 Å². The second kappa shape index (κ2) is 8.96. The lowest BCUT2D eigenvalue weighted by Gasteiger charge is -2.14. The predicted molar refractivity (Wildman–Crippen MR) is 78.5 cm³/mol. The Balaban J connectivity index is 2.57. The summed E-state index contributed by atoms with van der Waals surface area (Å²) < 4.78 is 46.1. The molecule has 0 aliphatic rings. The predicted octanol–water partition coefficient (Wildman–Crippen LogP) is 0.327. The van der Waals surface area contributed by atoms with Gasteiger partial charge in [-0.2, -0.15) is 13.2 Å². The average Bonchev–Trinajstić information content (AvgIpc) is 2.55. The van der Waals surface area contributed by atoms with Crippen molar-refractivity contribution >= 4 is 11.8 Å². The minimum Gasteiger partial charge on any atom is -0.493 e. The fraction of sp³-hybridized carbons (Fsp3) is 0.429. The zero-order valence-corrected chi connectivity index (χ0v) is 12.9. The third kappa shape index (κ3) is 7.18. The molecule has 0 radical (unpaired) electrons. The molecule has 2 amide bonds. The van der Waals surface area contributed by atoms with Gasteiger partial charge >= 0.3 is 6.18 Å². The second-order valence-corrected chi connectivity index (χ2v) is 4.65. The Morgan fingerprint density at radius 3 is 2.46 bits per heavy atom. The zero-order chi connectivity index (χ0) is 18.2. The first kappa shape index (κ1) is 19.6. The van der Waals surface area contributed by atoms with E-state index in [9.17, 15) is 22.8 Å². The van der Waals surface area contributed by atoms with Crippen molar-refractivity contribution in [3.8, 4) is 11.5 Å². The van der Waals surface area contributed by atoms with Gasteiger partial charge in [0.15, 0.2) is 18.1 Å². The molecule has 0 heterocycles. The SMILES string of the molecule is COc1cc(CNC(=O)CNC(=O)CN)ccc1OCC(F)(F)F. The lowest BCUT2D eigenvalue weighted by molar-refractivity contribution is -0.153. The van der Waals surface area contributed by atoms with Crippen LogP contribution in [0.3, 0.4) is 0 Å². The van der Waals surface area contributed by atoms with Crippen molar-refractivity contribution in [1.29, 1.82) is 0 Å². The van der Waals surface area contributed by atoms with Crippen LogP contribution in [0.1, 0.15) is 5.56 Å². The maximum Gasteiger partial charge on any atom is 0.422 e. The van der Waals surface area contributed by atoms with E-state index in [4.69, 9.17) is 10.5 Å². The molecule has 0 bridgehead atoms. The number of amides is 2. The number of halogens is 3. The van der Waals surface area contributed by atoms with Crippen LogP contribution in [-0.4, -0.2) is 44.8 Å². The summed E-state index contributed by atoms with van der Waals surface area (Å²) in [5.41, 5.74) is 5.67. The smallest absolute Gasteiger partial charge is 0.422 e. The molecule has 0 aliphatic heterocycles. The molecule has 0 unspecified atom stereocenters. The van der Waals surface area contributed by atoms with Gasteiger partial charge in [0.05, 0.1) is 20.2 Å². The number of benzene rings is 1. The molecule has 24 heavy (non-hydrogen) atoms. The minimum absolute atomic E-state index is 0.0555. The largest absolute Gasteiger partial charge is 0.493 e. The zero-order valence-electron chi connectivity index (χ0n) is 12.9. The van der Waals surface area contributed by atoms with Crippen LogP contribution in [0.4, 0.5) is 13.2 Å². The van der Waals surface area contributed by atoms with E-state index in [0.29, 0.717) is 5.56 Å². The molecule has 1 aromatic carbocycles. The van der Waals surface area contributed by atoms with E-state index in [1.54, 1.807) is 0 Å². The highest BCUT2D eigenvalue weighted by atomic mass is 19.4. The topological polar surface area (TPSA) is 103 Å². The summed E-state index contributed by atoms with van der Waals surface area (Å²) in [6.07, 6.45) is -4.45. The van der Waals surface area contributed by atoms with Crippen molar-refractivity contribution in [2.24, 2.45) is 5.73 Å². The molecular formula is C14H18F3N3O4. The summed E-state index contributed by atoms with van der Waals surface area (Å²) in [5, 5.41) is 4.84. The van der Waals surface area contributed by atoms with E-state index < -0.39 is 24.6 Å². The Bertz CT molecular complexity index is 579. The highest BCUT2D eigenvalue weighted by molar-refractivity contribution is 5.85. The first-order valence-electron chi connectivity index (χ1n) is 6.85.